The quantitative estimate of drug-likeness (QED) is 0.727. The van der Waals surface area contributed by atoms with Crippen molar-refractivity contribution < 1.29 is 19.4 Å². The predicted octanol–water partition coefficient (Wildman–Crippen LogP) is 1.77. The van der Waals surface area contributed by atoms with Crippen LogP contribution in [0.3, 0.4) is 0 Å². The van der Waals surface area contributed by atoms with Crippen LogP contribution in [0.25, 0.3) is 6.08 Å². The van der Waals surface area contributed by atoms with Gasteiger partial charge in [-0.15, -0.1) is 0 Å². The maximum atomic E-state index is 12.0. The Hall–Kier alpha value is -3.09. The molecule has 0 aliphatic rings. The summed E-state index contributed by atoms with van der Waals surface area (Å²) in [7, 11) is 1.48. The number of rotatable bonds is 5. The van der Waals surface area contributed by atoms with Gasteiger partial charge in [0.1, 0.15) is 5.75 Å². The number of carbonyl (C=O) groups is 2. The molecular formula is C14H13N3O4. The third kappa shape index (κ3) is 3.69. The van der Waals surface area contributed by atoms with Crippen molar-refractivity contribution in [3.63, 3.8) is 0 Å². The molecule has 0 radical (unpaired) electrons. The van der Waals surface area contributed by atoms with E-state index >= 15 is 0 Å². The molecule has 0 aliphatic heterocycles. The summed E-state index contributed by atoms with van der Waals surface area (Å²) in [4.78, 5) is 22.5. The molecule has 0 spiro atoms. The highest BCUT2D eigenvalue weighted by Gasteiger charge is 2.11. The number of methoxy groups -OCH3 is 1. The lowest BCUT2D eigenvalue weighted by atomic mass is 10.1. The van der Waals surface area contributed by atoms with E-state index in [0.717, 1.165) is 6.08 Å². The van der Waals surface area contributed by atoms with Crippen LogP contribution in [0.1, 0.15) is 15.9 Å². The van der Waals surface area contributed by atoms with Crippen LogP contribution in [0.4, 0.5) is 5.69 Å². The fraction of sp³-hybridized carbons (Fsp3) is 0.0714. The zero-order valence-electron chi connectivity index (χ0n) is 11.2. The average molecular weight is 287 g/mol. The largest absolute Gasteiger partial charge is 0.495 e. The van der Waals surface area contributed by atoms with E-state index in [1.54, 1.807) is 18.2 Å². The van der Waals surface area contributed by atoms with Crippen LogP contribution < -0.4 is 10.1 Å². The number of amides is 1. The van der Waals surface area contributed by atoms with Crippen LogP contribution in [-0.2, 0) is 4.79 Å². The molecule has 1 aromatic carbocycles. The van der Waals surface area contributed by atoms with E-state index in [0.29, 0.717) is 22.6 Å². The SMILES string of the molecule is COc1ccc(C=CC(=O)O)cc1NC(=O)c1cn[nH]c1. The minimum absolute atomic E-state index is 0.346. The van der Waals surface area contributed by atoms with Gasteiger partial charge in [0.05, 0.1) is 24.6 Å². The number of carboxylic acid groups (broad SMARTS) is 1. The molecule has 7 nitrogen and oxygen atoms in total. The zero-order valence-corrected chi connectivity index (χ0v) is 11.2. The second-order valence-electron chi connectivity index (χ2n) is 4.07. The summed E-state index contributed by atoms with van der Waals surface area (Å²) >= 11 is 0. The number of hydrogen-bond donors (Lipinski definition) is 3. The fourth-order valence-corrected chi connectivity index (χ4v) is 1.66. The highest BCUT2D eigenvalue weighted by Crippen LogP contribution is 2.26. The molecule has 2 aromatic rings. The Morgan fingerprint density at radius 2 is 2.24 bits per heavy atom. The number of carbonyl (C=O) groups excluding carboxylic acids is 1. The normalized spacial score (nSPS) is 10.5. The van der Waals surface area contributed by atoms with Gasteiger partial charge in [0.2, 0.25) is 0 Å². The van der Waals surface area contributed by atoms with Crippen molar-refractivity contribution in [2.45, 2.75) is 0 Å². The van der Waals surface area contributed by atoms with Gasteiger partial charge in [0.15, 0.2) is 0 Å². The van der Waals surface area contributed by atoms with E-state index in [1.165, 1.54) is 25.6 Å². The maximum absolute atomic E-state index is 12.0. The molecule has 7 heteroatoms. The number of hydrogen-bond acceptors (Lipinski definition) is 4. The first-order valence-corrected chi connectivity index (χ1v) is 5.99. The Morgan fingerprint density at radius 1 is 1.43 bits per heavy atom. The van der Waals surface area contributed by atoms with Crippen LogP contribution in [-0.4, -0.2) is 34.3 Å². The van der Waals surface area contributed by atoms with Crippen molar-refractivity contribution in [1.29, 1.82) is 0 Å². The number of nitrogens with zero attached hydrogens (tertiary/aromatic N) is 1. The predicted molar refractivity (Wildman–Crippen MR) is 76.2 cm³/mol. The summed E-state index contributed by atoms with van der Waals surface area (Å²) < 4.78 is 5.17. The van der Waals surface area contributed by atoms with Gasteiger partial charge in [-0.25, -0.2) is 4.79 Å². The molecule has 0 saturated heterocycles. The number of ether oxygens (including phenoxy) is 1. The van der Waals surface area contributed by atoms with Crippen molar-refractivity contribution in [3.8, 4) is 5.75 Å². The number of H-pyrrole nitrogens is 1. The second kappa shape index (κ2) is 6.38. The number of anilines is 1. The topological polar surface area (TPSA) is 104 Å². The molecule has 0 atom stereocenters. The highest BCUT2D eigenvalue weighted by molar-refractivity contribution is 6.04. The molecule has 0 fully saturated rings. The maximum Gasteiger partial charge on any atom is 0.328 e. The third-order valence-electron chi connectivity index (χ3n) is 2.65. The van der Waals surface area contributed by atoms with Crippen molar-refractivity contribution in [3.05, 3.63) is 47.8 Å². The first-order valence-electron chi connectivity index (χ1n) is 5.99. The highest BCUT2D eigenvalue weighted by atomic mass is 16.5. The van der Waals surface area contributed by atoms with Gasteiger partial charge in [-0.3, -0.25) is 9.89 Å². The number of aromatic amines is 1. The van der Waals surface area contributed by atoms with Crippen LogP contribution in [0.2, 0.25) is 0 Å². The Bertz CT molecular complexity index is 678. The van der Waals surface area contributed by atoms with Crippen LogP contribution >= 0.6 is 0 Å². The van der Waals surface area contributed by atoms with E-state index in [-0.39, 0.29) is 5.91 Å². The summed E-state index contributed by atoms with van der Waals surface area (Å²) in [6, 6.07) is 4.95. The Labute approximate surface area is 120 Å². The standard InChI is InChI=1S/C14H13N3O4/c1-21-12-4-2-9(3-5-13(18)19)6-11(12)17-14(20)10-7-15-16-8-10/h2-8H,1H3,(H,15,16)(H,17,20)(H,18,19). The lowest BCUT2D eigenvalue weighted by Gasteiger charge is -2.10. The van der Waals surface area contributed by atoms with Gasteiger partial charge >= 0.3 is 5.97 Å². The van der Waals surface area contributed by atoms with Crippen molar-refractivity contribution >= 4 is 23.6 Å². The van der Waals surface area contributed by atoms with Crippen molar-refractivity contribution in [2.24, 2.45) is 0 Å². The van der Waals surface area contributed by atoms with Gasteiger partial charge in [0.25, 0.3) is 5.91 Å². The summed E-state index contributed by atoms with van der Waals surface area (Å²) in [6.07, 6.45) is 5.31. The molecule has 1 aromatic heterocycles. The minimum atomic E-state index is -1.05. The van der Waals surface area contributed by atoms with E-state index in [1.807, 2.05) is 0 Å². The van der Waals surface area contributed by atoms with Crippen molar-refractivity contribution in [2.75, 3.05) is 12.4 Å². The molecule has 1 amide bonds. The van der Waals surface area contributed by atoms with Crippen LogP contribution in [0.15, 0.2) is 36.7 Å². The number of aromatic nitrogens is 2. The van der Waals surface area contributed by atoms with Gasteiger partial charge in [-0.2, -0.15) is 5.10 Å². The molecule has 0 saturated carbocycles. The summed E-state index contributed by atoms with van der Waals surface area (Å²) in [5.41, 5.74) is 1.44. The Balaban J connectivity index is 2.25. The van der Waals surface area contributed by atoms with Crippen molar-refractivity contribution in [1.82, 2.24) is 10.2 Å². The molecule has 108 valence electrons. The minimum Gasteiger partial charge on any atom is -0.495 e. The number of benzene rings is 1. The monoisotopic (exact) mass is 287 g/mol. The van der Waals surface area contributed by atoms with E-state index < -0.39 is 5.97 Å². The average Bonchev–Trinajstić information content (AvgIpc) is 2.99. The van der Waals surface area contributed by atoms with Gasteiger partial charge in [-0.1, -0.05) is 6.07 Å². The molecule has 0 bridgehead atoms. The third-order valence-corrected chi connectivity index (χ3v) is 2.65. The van der Waals surface area contributed by atoms with E-state index in [4.69, 9.17) is 9.84 Å². The molecular weight excluding hydrogens is 274 g/mol. The number of nitrogens with one attached hydrogen (secondary N) is 2. The second-order valence-corrected chi connectivity index (χ2v) is 4.07. The lowest BCUT2D eigenvalue weighted by Crippen LogP contribution is -2.12. The molecule has 1 heterocycles. The Morgan fingerprint density at radius 3 is 2.86 bits per heavy atom. The van der Waals surface area contributed by atoms with Gasteiger partial charge in [0, 0.05) is 12.3 Å². The first-order chi connectivity index (χ1) is 10.1. The lowest BCUT2D eigenvalue weighted by molar-refractivity contribution is -0.131. The molecule has 3 N–H and O–H groups in total. The molecule has 0 aliphatic carbocycles. The molecule has 21 heavy (non-hydrogen) atoms. The van der Waals surface area contributed by atoms with Crippen LogP contribution in [0, 0.1) is 0 Å². The molecule has 2 rings (SSSR count). The smallest absolute Gasteiger partial charge is 0.328 e. The van der Waals surface area contributed by atoms with Gasteiger partial charge in [-0.05, 0) is 23.8 Å². The zero-order chi connectivity index (χ0) is 15.2. The first kappa shape index (κ1) is 14.3. The summed E-state index contributed by atoms with van der Waals surface area (Å²) in [5.74, 6) is -0.921. The van der Waals surface area contributed by atoms with Crippen LogP contribution in [0.5, 0.6) is 5.75 Å². The molecule has 0 unspecified atom stereocenters. The fourth-order valence-electron chi connectivity index (χ4n) is 1.66. The van der Waals surface area contributed by atoms with E-state index in [9.17, 15) is 9.59 Å². The Kier molecular flexibility index (Phi) is 4.35. The van der Waals surface area contributed by atoms with E-state index in [2.05, 4.69) is 15.5 Å². The number of carboxylic acids is 1. The van der Waals surface area contributed by atoms with Gasteiger partial charge < -0.3 is 15.2 Å². The summed E-state index contributed by atoms with van der Waals surface area (Å²) in [6.45, 7) is 0. The summed E-state index contributed by atoms with van der Waals surface area (Å²) in [5, 5.41) is 17.6. The number of aliphatic carboxylic acids is 1.